The van der Waals surface area contributed by atoms with Crippen LogP contribution in [0.3, 0.4) is 0 Å². The van der Waals surface area contributed by atoms with E-state index in [0.717, 1.165) is 37.8 Å². The second kappa shape index (κ2) is 7.09. The summed E-state index contributed by atoms with van der Waals surface area (Å²) >= 11 is 0. The van der Waals surface area contributed by atoms with Gasteiger partial charge in [0.25, 0.3) is 0 Å². The lowest BCUT2D eigenvalue weighted by atomic mass is 9.75. The zero-order valence-electron chi connectivity index (χ0n) is 16.3. The van der Waals surface area contributed by atoms with Gasteiger partial charge in [0.2, 0.25) is 0 Å². The lowest BCUT2D eigenvalue weighted by Crippen LogP contribution is -2.41. The van der Waals surface area contributed by atoms with Gasteiger partial charge < -0.3 is 18.8 Å². The van der Waals surface area contributed by atoms with Crippen LogP contribution in [0.15, 0.2) is 30.3 Å². The lowest BCUT2D eigenvalue weighted by molar-refractivity contribution is 0.00578. The molecule has 6 heteroatoms. The summed E-state index contributed by atoms with van der Waals surface area (Å²) in [5, 5.41) is 2.10. The molecule has 0 atom stereocenters. The second-order valence-electron chi connectivity index (χ2n) is 7.43. The number of rotatable bonds is 4. The SMILES string of the molecule is COCOc1cc(B2OC(C)(C)C(C)(C)O2)c2c(C#C[SiH3])cccc2c1. The molecule has 0 amide bonds. The van der Waals surface area contributed by atoms with E-state index in [9.17, 15) is 0 Å². The Bertz CT molecular complexity index is 866. The van der Waals surface area contributed by atoms with Crippen LogP contribution in [0.5, 0.6) is 5.75 Å². The van der Waals surface area contributed by atoms with Gasteiger partial charge in [-0.1, -0.05) is 18.1 Å². The van der Waals surface area contributed by atoms with Crippen LogP contribution in [0, 0.1) is 11.5 Å². The Morgan fingerprint density at radius 3 is 2.42 bits per heavy atom. The minimum atomic E-state index is -0.481. The Morgan fingerprint density at radius 1 is 1.12 bits per heavy atom. The Hall–Kier alpha value is -1.78. The van der Waals surface area contributed by atoms with Crippen molar-refractivity contribution >= 4 is 33.6 Å². The molecule has 1 aliphatic rings. The molecule has 2 aromatic carbocycles. The van der Waals surface area contributed by atoms with E-state index in [4.69, 9.17) is 18.8 Å². The fourth-order valence-electron chi connectivity index (χ4n) is 3.04. The van der Waals surface area contributed by atoms with Gasteiger partial charge in [-0.15, -0.1) is 5.54 Å². The first kappa shape index (κ1) is 19.0. The van der Waals surface area contributed by atoms with Crippen LogP contribution in [0.25, 0.3) is 10.8 Å². The molecule has 4 nitrogen and oxygen atoms in total. The summed E-state index contributed by atoms with van der Waals surface area (Å²) in [6, 6.07) is 10.1. The summed E-state index contributed by atoms with van der Waals surface area (Å²) in [6.45, 7) is 8.41. The molecule has 0 aromatic heterocycles. The van der Waals surface area contributed by atoms with Crippen molar-refractivity contribution < 1.29 is 18.8 Å². The van der Waals surface area contributed by atoms with E-state index in [1.54, 1.807) is 7.11 Å². The summed E-state index contributed by atoms with van der Waals surface area (Å²) in [7, 11) is 1.95. The molecule has 26 heavy (non-hydrogen) atoms. The Kier molecular flexibility index (Phi) is 5.18. The lowest BCUT2D eigenvalue weighted by Gasteiger charge is -2.32. The van der Waals surface area contributed by atoms with Crippen molar-refractivity contribution in [2.45, 2.75) is 38.9 Å². The molecule has 2 aromatic rings. The molecule has 0 radical (unpaired) electrons. The average Bonchev–Trinajstić information content (AvgIpc) is 2.80. The molecule has 0 unspecified atom stereocenters. The maximum atomic E-state index is 6.30. The molecule has 3 rings (SSSR count). The monoisotopic (exact) mass is 368 g/mol. The number of ether oxygens (including phenoxy) is 2. The minimum Gasteiger partial charge on any atom is -0.468 e. The molecular formula is C20H25BO4Si. The van der Waals surface area contributed by atoms with Crippen LogP contribution >= 0.6 is 0 Å². The van der Waals surface area contributed by atoms with Gasteiger partial charge >= 0.3 is 7.12 Å². The highest BCUT2D eigenvalue weighted by Gasteiger charge is 2.52. The van der Waals surface area contributed by atoms with Crippen molar-refractivity contribution in [3.63, 3.8) is 0 Å². The molecule has 0 bridgehead atoms. The third-order valence-electron chi connectivity index (χ3n) is 5.09. The summed E-state index contributed by atoms with van der Waals surface area (Å²) in [5.41, 5.74) is 4.23. The summed E-state index contributed by atoms with van der Waals surface area (Å²) in [4.78, 5) is 0. The van der Waals surface area contributed by atoms with Gasteiger partial charge in [0.1, 0.15) is 5.75 Å². The van der Waals surface area contributed by atoms with Gasteiger partial charge in [-0.25, -0.2) is 0 Å². The van der Waals surface area contributed by atoms with E-state index in [0.29, 0.717) is 0 Å². The zero-order chi connectivity index (χ0) is 18.9. The molecule has 136 valence electrons. The Balaban J connectivity index is 2.19. The predicted molar refractivity (Wildman–Crippen MR) is 109 cm³/mol. The quantitative estimate of drug-likeness (QED) is 0.469. The standard InChI is InChI=1S/C20H25BO4Si/c1-19(2)20(3,4)25-21(24-19)17-12-16(23-13-22-5)11-15-8-6-7-14(9-10-26)18(15)17/h6-8,11-12H,13H2,1-5,26H3. The molecule has 1 saturated heterocycles. The highest BCUT2D eigenvalue weighted by atomic mass is 28.1. The van der Waals surface area contributed by atoms with E-state index < -0.39 is 18.3 Å². The van der Waals surface area contributed by atoms with E-state index in [2.05, 4.69) is 45.2 Å². The maximum Gasteiger partial charge on any atom is 0.495 e. The first-order valence-corrected chi connectivity index (χ1v) is 9.76. The van der Waals surface area contributed by atoms with Gasteiger partial charge in [-0.2, -0.15) is 0 Å². The topological polar surface area (TPSA) is 36.9 Å². The van der Waals surface area contributed by atoms with Crippen LogP contribution in [0.4, 0.5) is 0 Å². The van der Waals surface area contributed by atoms with Gasteiger partial charge in [-0.3, -0.25) is 0 Å². The van der Waals surface area contributed by atoms with Gasteiger partial charge in [0.05, 0.1) is 21.4 Å². The van der Waals surface area contributed by atoms with Gasteiger partial charge in [0.15, 0.2) is 6.79 Å². The van der Waals surface area contributed by atoms with E-state index in [1.807, 2.05) is 24.3 Å². The Labute approximate surface area is 158 Å². The van der Waals surface area contributed by atoms with Crippen LogP contribution in [-0.2, 0) is 14.0 Å². The van der Waals surface area contributed by atoms with Crippen LogP contribution in [-0.4, -0.2) is 42.5 Å². The minimum absolute atomic E-state index is 0.189. The van der Waals surface area contributed by atoms with Crippen LogP contribution < -0.4 is 10.2 Å². The number of hydrogen-bond donors (Lipinski definition) is 0. The first-order chi connectivity index (χ1) is 12.3. The first-order valence-electron chi connectivity index (χ1n) is 8.76. The molecule has 0 spiro atoms. The largest absolute Gasteiger partial charge is 0.495 e. The van der Waals surface area contributed by atoms with Crippen molar-refractivity contribution in [2.24, 2.45) is 0 Å². The fraction of sp³-hybridized carbons (Fsp3) is 0.400. The van der Waals surface area contributed by atoms with Crippen molar-refractivity contribution in [3.8, 4) is 17.2 Å². The van der Waals surface area contributed by atoms with Gasteiger partial charge in [0, 0.05) is 12.7 Å². The Morgan fingerprint density at radius 2 is 1.81 bits per heavy atom. The maximum absolute atomic E-state index is 6.30. The summed E-state index contributed by atoms with van der Waals surface area (Å²) in [5.74, 6) is 3.98. The third-order valence-corrected chi connectivity index (χ3v) is 5.34. The smallest absolute Gasteiger partial charge is 0.468 e. The number of benzene rings is 2. The van der Waals surface area contributed by atoms with Crippen molar-refractivity contribution in [1.29, 1.82) is 0 Å². The van der Waals surface area contributed by atoms with E-state index in [-0.39, 0.29) is 6.79 Å². The highest BCUT2D eigenvalue weighted by Crippen LogP contribution is 2.37. The second-order valence-corrected chi connectivity index (χ2v) is 7.93. The predicted octanol–water partition coefficient (Wildman–Crippen LogP) is 1.80. The highest BCUT2D eigenvalue weighted by molar-refractivity contribution is 6.65. The summed E-state index contributed by atoms with van der Waals surface area (Å²) in [6.07, 6.45) is 0. The normalized spacial score (nSPS) is 18.0. The third kappa shape index (κ3) is 3.40. The number of hydrogen-bond acceptors (Lipinski definition) is 4. The fourth-order valence-corrected chi connectivity index (χ4v) is 3.31. The molecule has 1 aliphatic heterocycles. The molecular weight excluding hydrogens is 343 g/mol. The van der Waals surface area contributed by atoms with E-state index >= 15 is 0 Å². The molecule has 0 saturated carbocycles. The van der Waals surface area contributed by atoms with Crippen LogP contribution in [0.2, 0.25) is 0 Å². The van der Waals surface area contributed by atoms with Crippen LogP contribution in [0.1, 0.15) is 33.3 Å². The molecule has 1 heterocycles. The average molecular weight is 368 g/mol. The van der Waals surface area contributed by atoms with Crippen molar-refractivity contribution in [3.05, 3.63) is 35.9 Å². The van der Waals surface area contributed by atoms with Crippen molar-refractivity contribution in [2.75, 3.05) is 13.9 Å². The molecule has 1 fully saturated rings. The molecule has 0 N–H and O–H groups in total. The molecule has 0 aliphatic carbocycles. The summed E-state index contributed by atoms with van der Waals surface area (Å²) < 4.78 is 23.4. The zero-order valence-corrected chi connectivity index (χ0v) is 18.3. The van der Waals surface area contributed by atoms with Gasteiger partial charge in [-0.05, 0) is 62.1 Å². The number of fused-ring (bicyclic) bond motifs is 1. The van der Waals surface area contributed by atoms with E-state index in [1.165, 1.54) is 0 Å². The number of methoxy groups -OCH3 is 1. The van der Waals surface area contributed by atoms with Crippen molar-refractivity contribution in [1.82, 2.24) is 0 Å².